The number of hydrogen-bond acceptors (Lipinski definition) is 7. The van der Waals surface area contributed by atoms with Gasteiger partial charge >= 0.3 is 0 Å². The Hall–Kier alpha value is -0.880. The van der Waals surface area contributed by atoms with E-state index in [1.54, 1.807) is 10.8 Å². The maximum absolute atomic E-state index is 10.1. The molecule has 2 aliphatic rings. The van der Waals surface area contributed by atoms with E-state index in [2.05, 4.69) is 32.9 Å². The summed E-state index contributed by atoms with van der Waals surface area (Å²) >= 11 is 2.12. The summed E-state index contributed by atoms with van der Waals surface area (Å²) in [5, 5.41) is 32.1. The van der Waals surface area contributed by atoms with Gasteiger partial charge in [0.15, 0.2) is 6.23 Å². The highest BCUT2D eigenvalue weighted by molar-refractivity contribution is 14.1. The molecule has 0 unspecified atom stereocenters. The maximum atomic E-state index is 10.1. The summed E-state index contributed by atoms with van der Waals surface area (Å²) in [7, 11) is 0. The Balaban J connectivity index is 2.00. The van der Waals surface area contributed by atoms with Crippen LogP contribution in [0.2, 0.25) is 0 Å². The number of amidine groups is 1. The summed E-state index contributed by atoms with van der Waals surface area (Å²) < 4.78 is 8.07. The van der Waals surface area contributed by atoms with Crippen molar-refractivity contribution >= 4 is 34.2 Å². The molecule has 0 saturated carbocycles. The zero-order valence-corrected chi connectivity index (χ0v) is 12.6. The molecule has 3 heterocycles. The Kier molecular flexibility index (Phi) is 3.62. The van der Waals surface area contributed by atoms with Gasteiger partial charge in [-0.3, -0.25) is 0 Å². The number of aliphatic imine (C=N–C) groups is 1. The molecule has 1 aromatic heterocycles. The highest BCUT2D eigenvalue weighted by atomic mass is 127. The number of anilines is 1. The van der Waals surface area contributed by atoms with Gasteiger partial charge < -0.3 is 35.7 Å². The summed E-state index contributed by atoms with van der Waals surface area (Å²) in [6.07, 6.45) is -2.07. The van der Waals surface area contributed by atoms with Crippen LogP contribution in [-0.4, -0.2) is 57.3 Å². The Morgan fingerprint density at radius 1 is 1.50 bits per heavy atom. The molecule has 6 N–H and O–H groups in total. The molecule has 0 spiro atoms. The van der Waals surface area contributed by atoms with Crippen LogP contribution < -0.4 is 11.1 Å². The van der Waals surface area contributed by atoms with Gasteiger partial charge in [-0.15, -0.1) is 0 Å². The zero-order chi connectivity index (χ0) is 14.4. The lowest BCUT2D eigenvalue weighted by Crippen LogP contribution is -2.33. The first-order valence-corrected chi connectivity index (χ1v) is 7.19. The maximum Gasteiger partial charge on any atom is 0.164 e. The quantitative estimate of drug-likeness (QED) is 0.401. The monoisotopic (exact) mass is 394 g/mol. The number of ether oxygens (including phenoxy) is 1. The second-order valence-electron chi connectivity index (χ2n) is 4.72. The van der Waals surface area contributed by atoms with E-state index < -0.39 is 24.5 Å². The molecule has 1 aromatic rings. The molecule has 20 heavy (non-hydrogen) atoms. The molecule has 3 rings (SSSR count). The van der Waals surface area contributed by atoms with Crippen molar-refractivity contribution in [2.24, 2.45) is 10.7 Å². The summed E-state index contributed by atoms with van der Waals surface area (Å²) in [6, 6.07) is 0. The smallest absolute Gasteiger partial charge is 0.164 e. The van der Waals surface area contributed by atoms with Gasteiger partial charge in [-0.1, -0.05) is 0 Å². The van der Waals surface area contributed by atoms with E-state index in [0.717, 1.165) is 9.13 Å². The summed E-state index contributed by atoms with van der Waals surface area (Å²) in [4.78, 5) is 4.11. The standard InChI is InChI=1S/C11H15IN4O4/c12-4-1-16(10-6(4)9(13)14-3-15-10)11-8(19)7(18)5(2-17)20-11/h1,5,7-8,11,15,17-19H,2-3H2,(H2,13,14)/t5-,7-,8-,11-/m1/s1. The molecular weight excluding hydrogens is 379 g/mol. The topological polar surface area (TPSA) is 125 Å². The molecule has 2 aliphatic heterocycles. The van der Waals surface area contributed by atoms with Crippen LogP contribution in [0, 0.1) is 3.57 Å². The number of halogens is 1. The first-order valence-electron chi connectivity index (χ1n) is 6.11. The molecular formula is C11H15IN4O4. The van der Waals surface area contributed by atoms with E-state index >= 15 is 0 Å². The summed E-state index contributed by atoms with van der Waals surface area (Å²) in [6.45, 7) is -0.0139. The minimum atomic E-state index is -1.13. The van der Waals surface area contributed by atoms with E-state index in [0.29, 0.717) is 18.3 Å². The van der Waals surface area contributed by atoms with E-state index in [-0.39, 0.29) is 6.61 Å². The van der Waals surface area contributed by atoms with Crippen molar-refractivity contribution < 1.29 is 20.1 Å². The van der Waals surface area contributed by atoms with Crippen LogP contribution in [-0.2, 0) is 4.74 Å². The molecule has 0 aromatic carbocycles. The van der Waals surface area contributed by atoms with Crippen LogP contribution >= 0.6 is 22.6 Å². The van der Waals surface area contributed by atoms with Gasteiger partial charge in [0.2, 0.25) is 0 Å². The Labute approximate surface area is 128 Å². The molecule has 8 nitrogen and oxygen atoms in total. The molecule has 0 amide bonds. The fraction of sp³-hybridized carbons (Fsp3) is 0.545. The Morgan fingerprint density at radius 2 is 2.25 bits per heavy atom. The fourth-order valence-corrected chi connectivity index (χ4v) is 3.34. The predicted octanol–water partition coefficient (Wildman–Crippen LogP) is -1.21. The number of nitrogens with one attached hydrogen (secondary N) is 1. The first kappa shape index (κ1) is 14.1. The Bertz CT molecular complexity index is 561. The van der Waals surface area contributed by atoms with Crippen molar-refractivity contribution in [3.8, 4) is 0 Å². The largest absolute Gasteiger partial charge is 0.394 e. The van der Waals surface area contributed by atoms with Crippen molar-refractivity contribution in [3.05, 3.63) is 15.3 Å². The van der Waals surface area contributed by atoms with Crippen molar-refractivity contribution in [1.82, 2.24) is 4.57 Å². The number of nitrogens with two attached hydrogens (primary N) is 1. The highest BCUT2D eigenvalue weighted by Crippen LogP contribution is 2.36. The number of aromatic nitrogens is 1. The minimum Gasteiger partial charge on any atom is -0.394 e. The average Bonchev–Trinajstić information content (AvgIpc) is 2.90. The van der Waals surface area contributed by atoms with E-state index in [1.165, 1.54) is 0 Å². The lowest BCUT2D eigenvalue weighted by atomic mass is 10.1. The molecule has 0 radical (unpaired) electrons. The summed E-state index contributed by atoms with van der Waals surface area (Å²) in [5.41, 5.74) is 6.63. The number of hydrogen-bond donors (Lipinski definition) is 5. The van der Waals surface area contributed by atoms with Crippen molar-refractivity contribution in [3.63, 3.8) is 0 Å². The molecule has 1 saturated heterocycles. The van der Waals surface area contributed by atoms with Gasteiger partial charge in [0, 0.05) is 9.77 Å². The summed E-state index contributed by atoms with van der Waals surface area (Å²) in [5.74, 6) is 1.12. The molecule has 1 fully saturated rings. The van der Waals surface area contributed by atoms with E-state index in [1.807, 2.05) is 0 Å². The third-order valence-electron chi connectivity index (χ3n) is 3.53. The second-order valence-corrected chi connectivity index (χ2v) is 5.88. The highest BCUT2D eigenvalue weighted by Gasteiger charge is 2.44. The minimum absolute atomic E-state index is 0.341. The Morgan fingerprint density at radius 3 is 2.90 bits per heavy atom. The van der Waals surface area contributed by atoms with Crippen LogP contribution in [0.4, 0.5) is 5.82 Å². The van der Waals surface area contributed by atoms with Gasteiger partial charge in [0.1, 0.15) is 36.6 Å². The molecule has 4 atom stereocenters. The fourth-order valence-electron chi connectivity index (χ4n) is 2.51. The van der Waals surface area contributed by atoms with Crippen molar-refractivity contribution in [1.29, 1.82) is 0 Å². The van der Waals surface area contributed by atoms with Crippen molar-refractivity contribution in [2.75, 3.05) is 18.6 Å². The van der Waals surface area contributed by atoms with E-state index in [9.17, 15) is 10.2 Å². The predicted molar refractivity (Wildman–Crippen MR) is 79.4 cm³/mol. The van der Waals surface area contributed by atoms with Gasteiger partial charge in [-0.2, -0.15) is 0 Å². The van der Waals surface area contributed by atoms with Gasteiger partial charge in [0.25, 0.3) is 0 Å². The number of fused-ring (bicyclic) bond motifs is 1. The van der Waals surface area contributed by atoms with Gasteiger partial charge in [0.05, 0.1) is 12.2 Å². The third kappa shape index (κ3) is 2.00. The van der Waals surface area contributed by atoms with Crippen molar-refractivity contribution in [2.45, 2.75) is 24.5 Å². The second kappa shape index (κ2) is 5.15. The molecule has 110 valence electrons. The normalized spacial score (nSPS) is 32.7. The lowest BCUT2D eigenvalue weighted by Gasteiger charge is -2.22. The van der Waals surface area contributed by atoms with E-state index in [4.69, 9.17) is 15.6 Å². The number of aliphatic hydroxyl groups excluding tert-OH is 3. The zero-order valence-electron chi connectivity index (χ0n) is 10.4. The van der Waals surface area contributed by atoms with Crippen LogP contribution in [0.1, 0.15) is 11.8 Å². The molecule has 0 bridgehead atoms. The lowest BCUT2D eigenvalue weighted by molar-refractivity contribution is -0.0517. The SMILES string of the molecule is NC1=NCNc2c1c(I)cn2[C@@H]1O[C@H](CO)[C@@H](O)[C@H]1O. The van der Waals surface area contributed by atoms with Gasteiger partial charge in [-0.25, -0.2) is 4.99 Å². The van der Waals surface area contributed by atoms with Crippen LogP contribution in [0.3, 0.4) is 0 Å². The van der Waals surface area contributed by atoms with Crippen LogP contribution in [0.25, 0.3) is 0 Å². The number of nitrogens with zero attached hydrogens (tertiary/aromatic N) is 2. The van der Waals surface area contributed by atoms with Crippen LogP contribution in [0.15, 0.2) is 11.2 Å². The van der Waals surface area contributed by atoms with Crippen LogP contribution in [0.5, 0.6) is 0 Å². The average molecular weight is 394 g/mol. The molecule has 9 heteroatoms. The molecule has 0 aliphatic carbocycles. The number of aliphatic hydroxyl groups is 3. The third-order valence-corrected chi connectivity index (χ3v) is 4.35. The van der Waals surface area contributed by atoms with Gasteiger partial charge in [-0.05, 0) is 22.6 Å². The number of rotatable bonds is 2. The first-order chi connectivity index (χ1) is 9.54.